The number of hydrogen-bond donors (Lipinski definition) is 0. The van der Waals surface area contributed by atoms with Gasteiger partial charge in [-0.25, -0.2) is 17.5 Å². The Morgan fingerprint density at radius 3 is 2.53 bits per heavy atom. The molecule has 1 aliphatic rings. The molecule has 1 aromatic rings. The summed E-state index contributed by atoms with van der Waals surface area (Å²) in [6.45, 7) is 0. The first kappa shape index (κ1) is 13.5. The lowest BCUT2D eigenvalue weighted by Gasteiger charge is -2.22. The van der Waals surface area contributed by atoms with Crippen LogP contribution in [0.4, 0.5) is 0 Å². The van der Waals surface area contributed by atoms with Crippen LogP contribution in [0.1, 0.15) is 12.8 Å². The third-order valence-electron chi connectivity index (χ3n) is 2.93. The van der Waals surface area contributed by atoms with E-state index < -0.39 is 27.9 Å². The highest BCUT2D eigenvalue weighted by molar-refractivity contribution is 7.89. The van der Waals surface area contributed by atoms with E-state index in [0.29, 0.717) is 4.31 Å². The van der Waals surface area contributed by atoms with Gasteiger partial charge in [0.2, 0.25) is 5.91 Å². The summed E-state index contributed by atoms with van der Waals surface area (Å²) >= 11 is 0. The highest BCUT2D eigenvalue weighted by Crippen LogP contribution is 2.27. The number of carbonyl (C=O) groups excluding carboxylic acids is 2. The molecular weight excluding hydrogens is 270 g/mol. The predicted octanol–water partition coefficient (Wildman–Crippen LogP) is 0.539. The number of methoxy groups -OCH3 is 1. The largest absolute Gasteiger partial charge is 0.467 e. The van der Waals surface area contributed by atoms with E-state index >= 15 is 0 Å². The molecule has 0 spiro atoms. The van der Waals surface area contributed by atoms with Gasteiger partial charge in [0.05, 0.1) is 12.0 Å². The number of benzene rings is 1. The predicted molar refractivity (Wildman–Crippen MR) is 65.5 cm³/mol. The summed E-state index contributed by atoms with van der Waals surface area (Å²) in [5, 5.41) is 0. The van der Waals surface area contributed by atoms with Crippen LogP contribution in [0.3, 0.4) is 0 Å². The lowest BCUT2D eigenvalue weighted by Crippen LogP contribution is -2.43. The molecule has 0 saturated carbocycles. The Balaban J connectivity index is 2.43. The quantitative estimate of drug-likeness (QED) is 0.756. The highest BCUT2D eigenvalue weighted by Gasteiger charge is 2.44. The minimum absolute atomic E-state index is 0.0147. The second-order valence-electron chi connectivity index (χ2n) is 4.09. The Bertz CT molecular complexity index is 596. The molecule has 102 valence electrons. The normalized spacial score (nSPS) is 19.5. The Kier molecular flexibility index (Phi) is 3.57. The SMILES string of the molecule is COC(=O)C1CCC(=O)N1S(=O)(=O)c1ccccc1. The number of hydrogen-bond acceptors (Lipinski definition) is 5. The zero-order valence-electron chi connectivity index (χ0n) is 10.3. The molecule has 1 aliphatic heterocycles. The summed E-state index contributed by atoms with van der Waals surface area (Å²) in [7, 11) is -2.84. The number of amides is 1. The highest BCUT2D eigenvalue weighted by atomic mass is 32.2. The van der Waals surface area contributed by atoms with Crippen molar-refractivity contribution in [3.8, 4) is 0 Å². The zero-order chi connectivity index (χ0) is 14.0. The molecule has 1 saturated heterocycles. The average molecular weight is 283 g/mol. The summed E-state index contributed by atoms with van der Waals surface area (Å²) in [4.78, 5) is 23.3. The minimum Gasteiger partial charge on any atom is -0.467 e. The Hall–Kier alpha value is -1.89. The van der Waals surface area contributed by atoms with Gasteiger partial charge in [-0.2, -0.15) is 0 Å². The summed E-state index contributed by atoms with van der Waals surface area (Å²) in [6, 6.07) is 6.48. The maximum absolute atomic E-state index is 12.4. The van der Waals surface area contributed by atoms with Crippen molar-refractivity contribution in [2.45, 2.75) is 23.8 Å². The van der Waals surface area contributed by atoms with Crippen LogP contribution in [0, 0.1) is 0 Å². The lowest BCUT2D eigenvalue weighted by atomic mass is 10.2. The van der Waals surface area contributed by atoms with E-state index in [1.54, 1.807) is 18.2 Å². The van der Waals surface area contributed by atoms with Gasteiger partial charge in [-0.1, -0.05) is 18.2 Å². The van der Waals surface area contributed by atoms with Gasteiger partial charge in [0.1, 0.15) is 6.04 Å². The van der Waals surface area contributed by atoms with Gasteiger partial charge in [-0.3, -0.25) is 4.79 Å². The van der Waals surface area contributed by atoms with Crippen LogP contribution in [-0.2, 0) is 24.3 Å². The molecule has 6 nitrogen and oxygen atoms in total. The Labute approximate surface area is 111 Å². The maximum Gasteiger partial charge on any atom is 0.329 e. The molecule has 1 atom stereocenters. The molecular formula is C12H13NO5S. The molecule has 1 fully saturated rings. The molecule has 0 aromatic heterocycles. The van der Waals surface area contributed by atoms with Gasteiger partial charge in [0.25, 0.3) is 10.0 Å². The summed E-state index contributed by atoms with van der Waals surface area (Å²) in [5.74, 6) is -1.30. The molecule has 1 amide bonds. The third-order valence-corrected chi connectivity index (χ3v) is 4.78. The van der Waals surface area contributed by atoms with Crippen molar-refractivity contribution in [3.05, 3.63) is 30.3 Å². The van der Waals surface area contributed by atoms with Crippen molar-refractivity contribution in [2.75, 3.05) is 7.11 Å². The topological polar surface area (TPSA) is 80.8 Å². The first-order chi connectivity index (χ1) is 8.98. The number of ether oxygens (including phenoxy) is 1. The molecule has 1 aromatic carbocycles. The van der Waals surface area contributed by atoms with Crippen molar-refractivity contribution < 1.29 is 22.7 Å². The molecule has 0 bridgehead atoms. The van der Waals surface area contributed by atoms with Crippen LogP contribution < -0.4 is 0 Å². The van der Waals surface area contributed by atoms with Gasteiger partial charge < -0.3 is 4.74 Å². The molecule has 1 heterocycles. The van der Waals surface area contributed by atoms with Crippen molar-refractivity contribution in [3.63, 3.8) is 0 Å². The fourth-order valence-corrected chi connectivity index (χ4v) is 3.63. The number of rotatable bonds is 3. The summed E-state index contributed by atoms with van der Waals surface area (Å²) < 4.78 is 29.9. The molecule has 7 heteroatoms. The van der Waals surface area contributed by atoms with Crippen molar-refractivity contribution >= 4 is 21.9 Å². The number of nitrogens with zero attached hydrogens (tertiary/aromatic N) is 1. The minimum atomic E-state index is -4.01. The molecule has 0 aliphatic carbocycles. The first-order valence-electron chi connectivity index (χ1n) is 5.68. The Morgan fingerprint density at radius 2 is 1.95 bits per heavy atom. The van der Waals surface area contributed by atoms with Crippen LogP contribution in [0.5, 0.6) is 0 Å². The van der Waals surface area contributed by atoms with Crippen LogP contribution in [0.15, 0.2) is 35.2 Å². The second-order valence-corrected chi connectivity index (χ2v) is 5.90. The van der Waals surface area contributed by atoms with Crippen molar-refractivity contribution in [1.82, 2.24) is 4.31 Å². The van der Waals surface area contributed by atoms with Crippen LogP contribution >= 0.6 is 0 Å². The van der Waals surface area contributed by atoms with Crippen molar-refractivity contribution in [1.29, 1.82) is 0 Å². The van der Waals surface area contributed by atoms with Crippen LogP contribution in [0.25, 0.3) is 0 Å². The van der Waals surface area contributed by atoms with Gasteiger partial charge in [0.15, 0.2) is 0 Å². The van der Waals surface area contributed by atoms with E-state index in [2.05, 4.69) is 4.74 Å². The van der Waals surface area contributed by atoms with Crippen LogP contribution in [-0.4, -0.2) is 37.8 Å². The zero-order valence-corrected chi connectivity index (χ0v) is 11.1. The maximum atomic E-state index is 12.4. The lowest BCUT2D eigenvalue weighted by molar-refractivity contribution is -0.146. The van der Waals surface area contributed by atoms with E-state index in [1.807, 2.05) is 0 Å². The van der Waals surface area contributed by atoms with E-state index in [9.17, 15) is 18.0 Å². The van der Waals surface area contributed by atoms with Crippen molar-refractivity contribution in [2.24, 2.45) is 0 Å². The van der Waals surface area contributed by atoms with Gasteiger partial charge in [-0.15, -0.1) is 0 Å². The summed E-state index contributed by atoms with van der Waals surface area (Å²) in [6.07, 6.45) is 0.170. The molecule has 2 rings (SSSR count). The number of esters is 1. The Morgan fingerprint density at radius 1 is 1.32 bits per heavy atom. The smallest absolute Gasteiger partial charge is 0.329 e. The van der Waals surface area contributed by atoms with Gasteiger partial charge in [-0.05, 0) is 18.6 Å². The molecule has 0 radical (unpaired) electrons. The number of sulfonamides is 1. The van der Waals surface area contributed by atoms with E-state index in [-0.39, 0.29) is 17.7 Å². The molecule has 0 N–H and O–H groups in total. The average Bonchev–Trinajstić information content (AvgIpc) is 2.81. The van der Waals surface area contributed by atoms with Gasteiger partial charge >= 0.3 is 5.97 Å². The number of carbonyl (C=O) groups is 2. The third kappa shape index (κ3) is 2.33. The van der Waals surface area contributed by atoms with Gasteiger partial charge in [0, 0.05) is 6.42 Å². The standard InChI is InChI=1S/C12H13NO5S/c1-18-12(15)10-7-8-11(14)13(10)19(16,17)9-5-3-2-4-6-9/h2-6,10H,7-8H2,1H3. The van der Waals surface area contributed by atoms with Crippen LogP contribution in [0.2, 0.25) is 0 Å². The van der Waals surface area contributed by atoms with E-state index in [1.165, 1.54) is 19.2 Å². The monoisotopic (exact) mass is 283 g/mol. The molecule has 19 heavy (non-hydrogen) atoms. The fourth-order valence-electron chi connectivity index (χ4n) is 2.02. The first-order valence-corrected chi connectivity index (χ1v) is 7.12. The van der Waals surface area contributed by atoms with E-state index in [0.717, 1.165) is 0 Å². The molecule has 1 unspecified atom stereocenters. The second kappa shape index (κ2) is 5.00. The summed E-state index contributed by atoms with van der Waals surface area (Å²) in [5.41, 5.74) is 0. The van der Waals surface area contributed by atoms with E-state index in [4.69, 9.17) is 0 Å². The fraction of sp³-hybridized carbons (Fsp3) is 0.333.